The molecule has 0 N–H and O–H groups in total. The summed E-state index contributed by atoms with van der Waals surface area (Å²) < 4.78 is 28.5. The number of halogens is 3. The molecule has 0 aliphatic carbocycles. The summed E-state index contributed by atoms with van der Waals surface area (Å²) in [5, 5.41) is -0.0290. The van der Waals surface area contributed by atoms with Gasteiger partial charge in [0.2, 0.25) is 0 Å². The Balaban J connectivity index is 2.27. The van der Waals surface area contributed by atoms with Crippen LogP contribution in [0.4, 0.5) is 9.18 Å². The van der Waals surface area contributed by atoms with Crippen LogP contribution >= 0.6 is 27.5 Å². The standard InChI is InChI=1S/C13H9BrClFO4/c1-2-18-13(17)20-11-6-8(14)12(19-11)7-3-4-10(16)9(15)5-7/h3-6H,2H2,1H3. The molecule has 106 valence electrons. The average Bonchev–Trinajstić information content (AvgIpc) is 2.74. The summed E-state index contributed by atoms with van der Waals surface area (Å²) in [7, 11) is 0. The van der Waals surface area contributed by atoms with Crippen molar-refractivity contribution in [3.63, 3.8) is 0 Å². The van der Waals surface area contributed by atoms with Crippen LogP contribution < -0.4 is 4.74 Å². The maximum absolute atomic E-state index is 13.1. The number of hydrogen-bond donors (Lipinski definition) is 0. The quantitative estimate of drug-likeness (QED) is 0.717. The monoisotopic (exact) mass is 362 g/mol. The second kappa shape index (κ2) is 6.28. The van der Waals surface area contributed by atoms with E-state index in [1.165, 1.54) is 24.3 Å². The second-order valence-corrected chi connectivity index (χ2v) is 4.92. The molecule has 0 aliphatic rings. The van der Waals surface area contributed by atoms with Gasteiger partial charge in [0.25, 0.3) is 5.95 Å². The number of carbonyl (C=O) groups is 1. The third kappa shape index (κ3) is 3.32. The molecule has 0 atom stereocenters. The number of hydrogen-bond acceptors (Lipinski definition) is 4. The second-order valence-electron chi connectivity index (χ2n) is 3.66. The van der Waals surface area contributed by atoms with E-state index in [0.717, 1.165) is 0 Å². The molecule has 0 saturated carbocycles. The van der Waals surface area contributed by atoms with Crippen molar-refractivity contribution >= 4 is 33.7 Å². The third-order valence-corrected chi connectivity index (χ3v) is 3.17. The van der Waals surface area contributed by atoms with Crippen LogP contribution in [-0.2, 0) is 4.74 Å². The number of carbonyl (C=O) groups excluding carboxylic acids is 1. The molecule has 0 aliphatic heterocycles. The van der Waals surface area contributed by atoms with E-state index in [2.05, 4.69) is 20.7 Å². The normalized spacial score (nSPS) is 10.4. The fourth-order valence-electron chi connectivity index (χ4n) is 1.46. The van der Waals surface area contributed by atoms with E-state index in [4.69, 9.17) is 20.8 Å². The highest BCUT2D eigenvalue weighted by molar-refractivity contribution is 9.10. The highest BCUT2D eigenvalue weighted by atomic mass is 79.9. The van der Waals surface area contributed by atoms with Crippen molar-refractivity contribution < 1.29 is 23.1 Å². The first-order chi connectivity index (χ1) is 9.51. The van der Waals surface area contributed by atoms with Crippen LogP contribution in [0.15, 0.2) is 33.2 Å². The zero-order valence-electron chi connectivity index (χ0n) is 10.3. The van der Waals surface area contributed by atoms with Gasteiger partial charge in [-0.05, 0) is 41.1 Å². The smallest absolute Gasteiger partial charge is 0.434 e. The summed E-state index contributed by atoms with van der Waals surface area (Å²) in [5.74, 6) is -0.196. The van der Waals surface area contributed by atoms with Gasteiger partial charge in [-0.3, -0.25) is 0 Å². The topological polar surface area (TPSA) is 48.7 Å². The molecule has 0 radical (unpaired) electrons. The number of rotatable bonds is 3. The van der Waals surface area contributed by atoms with Gasteiger partial charge in [-0.2, -0.15) is 0 Å². The average molecular weight is 364 g/mol. The van der Waals surface area contributed by atoms with Gasteiger partial charge < -0.3 is 13.9 Å². The number of furan rings is 1. The molecule has 0 spiro atoms. The van der Waals surface area contributed by atoms with Crippen LogP contribution in [0.2, 0.25) is 5.02 Å². The highest BCUT2D eigenvalue weighted by Crippen LogP contribution is 2.36. The zero-order valence-corrected chi connectivity index (χ0v) is 12.6. The summed E-state index contributed by atoms with van der Waals surface area (Å²) in [6, 6.07) is 5.59. The van der Waals surface area contributed by atoms with Gasteiger partial charge in [-0.25, -0.2) is 9.18 Å². The van der Waals surface area contributed by atoms with Crippen LogP contribution in [0.1, 0.15) is 6.92 Å². The molecule has 1 aromatic heterocycles. The van der Waals surface area contributed by atoms with Gasteiger partial charge in [-0.1, -0.05) is 11.6 Å². The fourth-order valence-corrected chi connectivity index (χ4v) is 2.14. The van der Waals surface area contributed by atoms with E-state index in [9.17, 15) is 9.18 Å². The van der Waals surface area contributed by atoms with E-state index in [1.807, 2.05) is 0 Å². The Kier molecular flexibility index (Phi) is 4.67. The van der Waals surface area contributed by atoms with Gasteiger partial charge in [0.1, 0.15) is 5.82 Å². The van der Waals surface area contributed by atoms with Crippen LogP contribution in [-0.4, -0.2) is 12.8 Å². The van der Waals surface area contributed by atoms with E-state index < -0.39 is 12.0 Å². The Labute approximate surface area is 127 Å². The van der Waals surface area contributed by atoms with Crippen LogP contribution in [0.25, 0.3) is 11.3 Å². The van der Waals surface area contributed by atoms with Crippen LogP contribution in [0.3, 0.4) is 0 Å². The molecule has 2 aromatic rings. The minimum Gasteiger partial charge on any atom is -0.434 e. The van der Waals surface area contributed by atoms with Crippen molar-refractivity contribution in [1.82, 2.24) is 0 Å². The van der Waals surface area contributed by atoms with Crippen molar-refractivity contribution in [2.75, 3.05) is 6.61 Å². The molecule has 1 aromatic carbocycles. The molecule has 2 rings (SSSR count). The van der Waals surface area contributed by atoms with Crippen molar-refractivity contribution in [3.05, 3.63) is 39.6 Å². The van der Waals surface area contributed by atoms with Crippen molar-refractivity contribution in [1.29, 1.82) is 0 Å². The highest BCUT2D eigenvalue weighted by Gasteiger charge is 2.16. The van der Waals surface area contributed by atoms with Gasteiger partial charge in [-0.15, -0.1) is 0 Å². The van der Waals surface area contributed by atoms with E-state index in [0.29, 0.717) is 15.8 Å². The molecule has 0 bridgehead atoms. The number of benzene rings is 1. The predicted octanol–water partition coefficient (Wildman–Crippen LogP) is 5.04. The Morgan fingerprint density at radius 1 is 1.45 bits per heavy atom. The lowest BCUT2D eigenvalue weighted by atomic mass is 10.2. The third-order valence-electron chi connectivity index (χ3n) is 2.29. The molecule has 0 unspecified atom stereocenters. The maximum Gasteiger partial charge on any atom is 0.516 e. The lowest BCUT2D eigenvalue weighted by Crippen LogP contribution is -2.09. The Hall–Kier alpha value is -1.53. The van der Waals surface area contributed by atoms with E-state index >= 15 is 0 Å². The zero-order chi connectivity index (χ0) is 14.7. The first-order valence-electron chi connectivity index (χ1n) is 5.60. The van der Waals surface area contributed by atoms with E-state index in [1.54, 1.807) is 6.92 Å². The maximum atomic E-state index is 13.1. The molecular formula is C13H9BrClFO4. The summed E-state index contributed by atoms with van der Waals surface area (Å²) in [4.78, 5) is 11.2. The van der Waals surface area contributed by atoms with Crippen LogP contribution in [0.5, 0.6) is 5.95 Å². The molecule has 20 heavy (non-hydrogen) atoms. The minimum absolute atomic E-state index is 0.0290. The SMILES string of the molecule is CCOC(=O)Oc1cc(Br)c(-c2ccc(F)c(Cl)c2)o1. The first-order valence-corrected chi connectivity index (χ1v) is 6.77. The fraction of sp³-hybridized carbons (Fsp3) is 0.154. The largest absolute Gasteiger partial charge is 0.516 e. The first kappa shape index (κ1) is 14.9. The van der Waals surface area contributed by atoms with Crippen molar-refractivity contribution in [3.8, 4) is 17.3 Å². The Bertz CT molecular complexity index is 641. The lowest BCUT2D eigenvalue weighted by molar-refractivity contribution is 0.0952. The number of ether oxygens (including phenoxy) is 2. The molecule has 0 fully saturated rings. The van der Waals surface area contributed by atoms with Gasteiger partial charge >= 0.3 is 6.16 Å². The van der Waals surface area contributed by atoms with Gasteiger partial charge in [0, 0.05) is 11.6 Å². The lowest BCUT2D eigenvalue weighted by Gasteiger charge is -2.01. The summed E-state index contributed by atoms with van der Waals surface area (Å²) in [6.07, 6.45) is -0.863. The molecule has 1 heterocycles. The molecular weight excluding hydrogens is 354 g/mol. The molecule has 7 heteroatoms. The van der Waals surface area contributed by atoms with Crippen LogP contribution in [0, 0.1) is 5.82 Å². The van der Waals surface area contributed by atoms with Gasteiger partial charge in [0.05, 0.1) is 16.1 Å². The summed E-state index contributed by atoms with van der Waals surface area (Å²) in [6.45, 7) is 1.85. The molecule has 4 nitrogen and oxygen atoms in total. The van der Waals surface area contributed by atoms with E-state index in [-0.39, 0.29) is 17.6 Å². The van der Waals surface area contributed by atoms with Gasteiger partial charge in [0.15, 0.2) is 5.76 Å². The van der Waals surface area contributed by atoms with Crippen molar-refractivity contribution in [2.45, 2.75) is 6.92 Å². The summed E-state index contributed by atoms with van der Waals surface area (Å²) >= 11 is 8.97. The molecule has 0 amide bonds. The Morgan fingerprint density at radius 2 is 2.20 bits per heavy atom. The van der Waals surface area contributed by atoms with Crippen molar-refractivity contribution in [2.24, 2.45) is 0 Å². The molecule has 0 saturated heterocycles. The summed E-state index contributed by atoms with van der Waals surface area (Å²) in [5.41, 5.74) is 0.544. The predicted molar refractivity (Wildman–Crippen MR) is 74.5 cm³/mol. The minimum atomic E-state index is -0.863. The Morgan fingerprint density at radius 3 is 2.85 bits per heavy atom.